The van der Waals surface area contributed by atoms with Crippen molar-refractivity contribution in [3.05, 3.63) is 40.6 Å². The Morgan fingerprint density at radius 1 is 1.24 bits per heavy atom. The third-order valence-electron chi connectivity index (χ3n) is 3.59. The molecular formula is C16H21N3O2. The van der Waals surface area contributed by atoms with E-state index in [9.17, 15) is 4.79 Å². The Balaban J connectivity index is 1.81. The number of amides is 1. The molecule has 1 amide bonds. The molecule has 21 heavy (non-hydrogen) atoms. The maximum absolute atomic E-state index is 11.8. The maximum Gasteiger partial charge on any atom is 0.229 e. The Bertz CT molecular complexity index is 647. The van der Waals surface area contributed by atoms with Crippen LogP contribution in [-0.2, 0) is 4.79 Å². The van der Waals surface area contributed by atoms with Crippen LogP contribution in [0.25, 0.3) is 0 Å². The summed E-state index contributed by atoms with van der Waals surface area (Å²) in [4.78, 5) is 11.8. The van der Waals surface area contributed by atoms with E-state index >= 15 is 0 Å². The standard InChI is InChI=1S/C16H21N3O2/c1-10-5-6-14(9-11(10)2)21-8-7-15(20)17-16-12(3)13(4)18-19-16/h5-6,9H,7-8H2,1-4H3,(H2,17,18,19,20). The molecule has 5 nitrogen and oxygen atoms in total. The summed E-state index contributed by atoms with van der Waals surface area (Å²) < 4.78 is 5.60. The van der Waals surface area contributed by atoms with Gasteiger partial charge in [-0.1, -0.05) is 6.07 Å². The van der Waals surface area contributed by atoms with Crippen molar-refractivity contribution in [1.82, 2.24) is 10.2 Å². The van der Waals surface area contributed by atoms with Crippen LogP contribution in [-0.4, -0.2) is 22.7 Å². The Morgan fingerprint density at radius 3 is 2.62 bits per heavy atom. The molecule has 2 N–H and O–H groups in total. The van der Waals surface area contributed by atoms with Gasteiger partial charge in [0, 0.05) is 11.3 Å². The van der Waals surface area contributed by atoms with Crippen molar-refractivity contribution >= 4 is 11.7 Å². The van der Waals surface area contributed by atoms with Gasteiger partial charge in [-0.3, -0.25) is 9.89 Å². The van der Waals surface area contributed by atoms with Crippen LogP contribution in [0.15, 0.2) is 18.2 Å². The molecule has 1 aromatic carbocycles. The van der Waals surface area contributed by atoms with E-state index in [1.54, 1.807) is 0 Å². The molecule has 0 bridgehead atoms. The summed E-state index contributed by atoms with van der Waals surface area (Å²) in [6, 6.07) is 5.91. The van der Waals surface area contributed by atoms with Crippen molar-refractivity contribution in [2.45, 2.75) is 34.1 Å². The van der Waals surface area contributed by atoms with Crippen LogP contribution in [0.1, 0.15) is 28.8 Å². The largest absolute Gasteiger partial charge is 0.493 e. The fourth-order valence-corrected chi connectivity index (χ4v) is 1.87. The Hall–Kier alpha value is -2.30. The number of nitrogens with one attached hydrogen (secondary N) is 2. The number of aromatic nitrogens is 2. The average molecular weight is 287 g/mol. The van der Waals surface area contributed by atoms with E-state index in [0.717, 1.165) is 17.0 Å². The molecule has 0 aliphatic carbocycles. The van der Waals surface area contributed by atoms with Gasteiger partial charge in [0.25, 0.3) is 0 Å². The number of ether oxygens (including phenoxy) is 1. The van der Waals surface area contributed by atoms with E-state index in [2.05, 4.69) is 22.4 Å². The lowest BCUT2D eigenvalue weighted by atomic mass is 10.1. The zero-order chi connectivity index (χ0) is 15.4. The monoisotopic (exact) mass is 287 g/mol. The van der Waals surface area contributed by atoms with Gasteiger partial charge >= 0.3 is 0 Å². The van der Waals surface area contributed by atoms with Gasteiger partial charge in [0.2, 0.25) is 5.91 Å². The van der Waals surface area contributed by atoms with Crippen molar-refractivity contribution in [3.63, 3.8) is 0 Å². The van der Waals surface area contributed by atoms with Crippen molar-refractivity contribution in [2.75, 3.05) is 11.9 Å². The highest BCUT2D eigenvalue weighted by Gasteiger charge is 2.09. The second-order valence-corrected chi connectivity index (χ2v) is 5.21. The fourth-order valence-electron chi connectivity index (χ4n) is 1.87. The summed E-state index contributed by atoms with van der Waals surface area (Å²) in [5.41, 5.74) is 4.32. The van der Waals surface area contributed by atoms with Gasteiger partial charge in [-0.2, -0.15) is 5.10 Å². The van der Waals surface area contributed by atoms with Gasteiger partial charge in [-0.15, -0.1) is 0 Å². The summed E-state index contributed by atoms with van der Waals surface area (Å²) in [6.07, 6.45) is 0.290. The highest BCUT2D eigenvalue weighted by Crippen LogP contribution is 2.17. The Kier molecular flexibility index (Phi) is 4.62. The number of nitrogens with zero attached hydrogens (tertiary/aromatic N) is 1. The zero-order valence-electron chi connectivity index (χ0n) is 12.9. The van der Waals surface area contributed by atoms with Crippen molar-refractivity contribution in [2.24, 2.45) is 0 Å². The van der Waals surface area contributed by atoms with Gasteiger partial charge in [0.15, 0.2) is 5.82 Å². The molecule has 0 aliphatic rings. The van der Waals surface area contributed by atoms with E-state index in [-0.39, 0.29) is 12.3 Å². The minimum Gasteiger partial charge on any atom is -0.493 e. The summed E-state index contributed by atoms with van der Waals surface area (Å²) >= 11 is 0. The van der Waals surface area contributed by atoms with Crippen LogP contribution in [0.5, 0.6) is 5.75 Å². The quantitative estimate of drug-likeness (QED) is 0.888. The minimum absolute atomic E-state index is 0.103. The van der Waals surface area contributed by atoms with Crippen LogP contribution in [0.2, 0.25) is 0 Å². The van der Waals surface area contributed by atoms with E-state index in [1.807, 2.05) is 39.0 Å². The number of carbonyl (C=O) groups is 1. The number of H-pyrrole nitrogens is 1. The van der Waals surface area contributed by atoms with Crippen LogP contribution in [0.4, 0.5) is 5.82 Å². The summed E-state index contributed by atoms with van der Waals surface area (Å²) in [6.45, 7) is 8.27. The first-order chi connectivity index (χ1) is 9.97. The first kappa shape index (κ1) is 15.1. The summed E-state index contributed by atoms with van der Waals surface area (Å²) in [5, 5.41) is 9.66. The molecule has 0 saturated heterocycles. The number of aromatic amines is 1. The number of carbonyl (C=O) groups excluding carboxylic acids is 1. The SMILES string of the molecule is Cc1ccc(OCCC(=O)Nc2n[nH]c(C)c2C)cc1C. The second-order valence-electron chi connectivity index (χ2n) is 5.21. The van der Waals surface area contributed by atoms with Crippen LogP contribution < -0.4 is 10.1 Å². The average Bonchev–Trinajstić information content (AvgIpc) is 2.75. The smallest absolute Gasteiger partial charge is 0.229 e. The van der Waals surface area contributed by atoms with Crippen molar-refractivity contribution in [3.8, 4) is 5.75 Å². The number of aryl methyl sites for hydroxylation is 3. The van der Waals surface area contributed by atoms with Gasteiger partial charge in [0.1, 0.15) is 5.75 Å². The van der Waals surface area contributed by atoms with Crippen molar-refractivity contribution in [1.29, 1.82) is 0 Å². The molecule has 0 radical (unpaired) electrons. The zero-order valence-corrected chi connectivity index (χ0v) is 12.9. The normalized spacial score (nSPS) is 10.5. The van der Waals surface area contributed by atoms with Gasteiger partial charge in [-0.25, -0.2) is 0 Å². The molecule has 112 valence electrons. The summed E-state index contributed by atoms with van der Waals surface area (Å²) in [5.74, 6) is 1.27. The first-order valence-corrected chi connectivity index (χ1v) is 6.99. The fraction of sp³-hybridized carbons (Fsp3) is 0.375. The molecular weight excluding hydrogens is 266 g/mol. The molecule has 1 heterocycles. The molecule has 0 unspecified atom stereocenters. The highest BCUT2D eigenvalue weighted by molar-refractivity contribution is 5.90. The molecule has 0 spiro atoms. The highest BCUT2D eigenvalue weighted by atomic mass is 16.5. The molecule has 2 rings (SSSR count). The number of hydrogen-bond acceptors (Lipinski definition) is 3. The number of benzene rings is 1. The molecule has 0 saturated carbocycles. The lowest BCUT2D eigenvalue weighted by Gasteiger charge is -2.08. The van der Waals surface area contributed by atoms with E-state index in [4.69, 9.17) is 4.74 Å². The molecule has 0 atom stereocenters. The van der Waals surface area contributed by atoms with Crippen LogP contribution >= 0.6 is 0 Å². The number of anilines is 1. The molecule has 1 aromatic heterocycles. The Labute approximate surface area is 124 Å². The predicted molar refractivity (Wildman–Crippen MR) is 82.7 cm³/mol. The molecule has 2 aromatic rings. The van der Waals surface area contributed by atoms with E-state index in [0.29, 0.717) is 12.4 Å². The van der Waals surface area contributed by atoms with E-state index in [1.165, 1.54) is 11.1 Å². The van der Waals surface area contributed by atoms with Crippen LogP contribution in [0.3, 0.4) is 0 Å². The lowest BCUT2D eigenvalue weighted by Crippen LogP contribution is -2.16. The van der Waals surface area contributed by atoms with Gasteiger partial charge in [-0.05, 0) is 51.0 Å². The lowest BCUT2D eigenvalue weighted by molar-refractivity contribution is -0.116. The third-order valence-corrected chi connectivity index (χ3v) is 3.59. The third kappa shape index (κ3) is 3.84. The number of rotatable bonds is 5. The second kappa shape index (κ2) is 6.43. The van der Waals surface area contributed by atoms with Crippen molar-refractivity contribution < 1.29 is 9.53 Å². The molecule has 5 heteroatoms. The van der Waals surface area contributed by atoms with Crippen LogP contribution in [0, 0.1) is 27.7 Å². The minimum atomic E-state index is -0.103. The molecule has 0 aliphatic heterocycles. The summed E-state index contributed by atoms with van der Waals surface area (Å²) in [7, 11) is 0. The van der Waals surface area contributed by atoms with Gasteiger partial charge in [0.05, 0.1) is 13.0 Å². The predicted octanol–water partition coefficient (Wildman–Crippen LogP) is 3.05. The first-order valence-electron chi connectivity index (χ1n) is 6.99. The molecule has 0 fully saturated rings. The topological polar surface area (TPSA) is 67.0 Å². The number of hydrogen-bond donors (Lipinski definition) is 2. The maximum atomic E-state index is 11.8. The Morgan fingerprint density at radius 2 is 2.00 bits per heavy atom. The van der Waals surface area contributed by atoms with E-state index < -0.39 is 0 Å². The van der Waals surface area contributed by atoms with Gasteiger partial charge < -0.3 is 10.1 Å².